The number of fused-ring (bicyclic) bond motifs is 1. The van der Waals surface area contributed by atoms with Crippen LogP contribution < -0.4 is 20.3 Å². The number of amides is 1. The van der Waals surface area contributed by atoms with Crippen molar-refractivity contribution in [3.8, 4) is 11.5 Å². The molecule has 0 spiro atoms. The van der Waals surface area contributed by atoms with Crippen molar-refractivity contribution < 1.29 is 14.3 Å². The number of carbonyl (C=O) groups is 1. The molecule has 2 aromatic heterocycles. The molecule has 0 fully saturated rings. The van der Waals surface area contributed by atoms with E-state index < -0.39 is 0 Å². The van der Waals surface area contributed by atoms with Crippen LogP contribution in [0.1, 0.15) is 42.1 Å². The van der Waals surface area contributed by atoms with Gasteiger partial charge in [0.05, 0.1) is 5.69 Å². The highest BCUT2D eigenvalue weighted by molar-refractivity contribution is 5.92. The zero-order chi connectivity index (χ0) is 24.9. The Hall–Kier alpha value is -4.13. The quantitative estimate of drug-likeness (QED) is 0.390. The molecule has 4 aromatic rings. The highest BCUT2D eigenvalue weighted by Crippen LogP contribution is 2.26. The van der Waals surface area contributed by atoms with Gasteiger partial charge in [0.1, 0.15) is 23.8 Å². The van der Waals surface area contributed by atoms with Crippen LogP contribution in [0.25, 0.3) is 5.65 Å². The first-order valence-corrected chi connectivity index (χ1v) is 11.5. The van der Waals surface area contributed by atoms with Gasteiger partial charge in [0.2, 0.25) is 0 Å². The summed E-state index contributed by atoms with van der Waals surface area (Å²) < 4.78 is 13.2. The van der Waals surface area contributed by atoms with E-state index in [0.717, 1.165) is 16.7 Å². The Bertz CT molecular complexity index is 1430. The smallest absolute Gasteiger partial charge is 0.262 e. The van der Waals surface area contributed by atoms with Gasteiger partial charge in [-0.1, -0.05) is 44.2 Å². The number of anilines is 1. The van der Waals surface area contributed by atoms with Crippen molar-refractivity contribution in [2.24, 2.45) is 0 Å². The van der Waals surface area contributed by atoms with E-state index in [1.54, 1.807) is 12.3 Å². The average Bonchev–Trinajstić information content (AvgIpc) is 2.84. The lowest BCUT2D eigenvalue weighted by Crippen LogP contribution is -2.20. The van der Waals surface area contributed by atoms with Gasteiger partial charge in [0.15, 0.2) is 6.61 Å². The minimum Gasteiger partial charge on any atom is -0.487 e. The van der Waals surface area contributed by atoms with Gasteiger partial charge in [0, 0.05) is 24.0 Å². The second kappa shape index (κ2) is 10.4. The largest absolute Gasteiger partial charge is 0.487 e. The van der Waals surface area contributed by atoms with Crippen LogP contribution in [0.15, 0.2) is 71.7 Å². The summed E-state index contributed by atoms with van der Waals surface area (Å²) in [5, 5.41) is 2.85. The van der Waals surface area contributed by atoms with E-state index in [2.05, 4.69) is 24.1 Å². The van der Waals surface area contributed by atoms with Gasteiger partial charge in [0.25, 0.3) is 11.5 Å². The number of carbonyl (C=O) groups excluding carboxylic acids is 1. The predicted octanol–water partition coefficient (Wildman–Crippen LogP) is 5.03. The van der Waals surface area contributed by atoms with Gasteiger partial charge in [-0.15, -0.1) is 0 Å². The van der Waals surface area contributed by atoms with Gasteiger partial charge in [-0.05, 0) is 54.7 Å². The van der Waals surface area contributed by atoms with Gasteiger partial charge in [-0.2, -0.15) is 0 Å². The molecule has 0 aliphatic heterocycles. The van der Waals surface area contributed by atoms with Crippen LogP contribution in [-0.2, 0) is 11.4 Å². The summed E-state index contributed by atoms with van der Waals surface area (Å²) in [5.41, 5.74) is 4.45. The van der Waals surface area contributed by atoms with E-state index in [4.69, 9.17) is 9.47 Å². The van der Waals surface area contributed by atoms with Crippen molar-refractivity contribution in [2.45, 2.75) is 40.2 Å². The third-order valence-corrected chi connectivity index (χ3v) is 5.69. The molecule has 2 aromatic carbocycles. The standard InChI is InChI=1S/C28H29N3O4/c1-18(2)23-9-5-6-10-24(23)35-17-26(32)29-21-12-11-19(3)25(14-21)34-16-22-15-27(33)31-13-7-8-20(4)28(31)30-22/h5-15,18H,16-17H2,1-4H3,(H,29,32). The molecule has 0 aliphatic rings. The maximum Gasteiger partial charge on any atom is 0.262 e. The molecular weight excluding hydrogens is 442 g/mol. The molecule has 0 radical (unpaired) electrons. The van der Waals surface area contributed by atoms with Gasteiger partial charge in [-0.25, -0.2) is 4.98 Å². The Morgan fingerprint density at radius 2 is 1.77 bits per heavy atom. The highest BCUT2D eigenvalue weighted by atomic mass is 16.5. The maximum atomic E-state index is 12.5. The van der Waals surface area contributed by atoms with Gasteiger partial charge >= 0.3 is 0 Å². The van der Waals surface area contributed by atoms with E-state index >= 15 is 0 Å². The van der Waals surface area contributed by atoms with Crippen molar-refractivity contribution >= 4 is 17.2 Å². The molecule has 4 rings (SSSR count). The number of para-hydroxylation sites is 1. The fourth-order valence-corrected chi connectivity index (χ4v) is 3.80. The number of hydrogen-bond donors (Lipinski definition) is 1. The Balaban J connectivity index is 1.42. The molecule has 0 aliphatic carbocycles. The van der Waals surface area contributed by atoms with Crippen molar-refractivity contribution in [3.05, 3.63) is 99.6 Å². The molecular formula is C28H29N3O4. The number of pyridine rings is 1. The first-order chi connectivity index (χ1) is 16.8. The summed E-state index contributed by atoms with van der Waals surface area (Å²) in [6.07, 6.45) is 1.70. The first-order valence-electron chi connectivity index (χ1n) is 11.5. The van der Waals surface area contributed by atoms with Crippen molar-refractivity contribution in [2.75, 3.05) is 11.9 Å². The number of nitrogens with zero attached hydrogens (tertiary/aromatic N) is 2. The number of nitrogens with one attached hydrogen (secondary N) is 1. The first kappa shape index (κ1) is 24.0. The van der Waals surface area contributed by atoms with Gasteiger partial charge < -0.3 is 14.8 Å². The molecule has 1 N–H and O–H groups in total. The lowest BCUT2D eigenvalue weighted by atomic mass is 10.0. The van der Waals surface area contributed by atoms with Gasteiger partial charge in [-0.3, -0.25) is 14.0 Å². The predicted molar refractivity (Wildman–Crippen MR) is 136 cm³/mol. The van der Waals surface area contributed by atoms with Crippen LogP contribution in [0.3, 0.4) is 0 Å². The molecule has 0 saturated carbocycles. The Labute approximate surface area is 204 Å². The zero-order valence-corrected chi connectivity index (χ0v) is 20.4. The minimum absolute atomic E-state index is 0.0991. The van der Waals surface area contributed by atoms with Crippen LogP contribution in [-0.4, -0.2) is 21.9 Å². The molecule has 0 bridgehead atoms. The maximum absolute atomic E-state index is 12.5. The molecule has 180 valence electrons. The fourth-order valence-electron chi connectivity index (χ4n) is 3.80. The second-order valence-corrected chi connectivity index (χ2v) is 8.77. The third kappa shape index (κ3) is 5.69. The second-order valence-electron chi connectivity index (χ2n) is 8.77. The molecule has 0 atom stereocenters. The van der Waals surface area contributed by atoms with Crippen LogP contribution >= 0.6 is 0 Å². The van der Waals surface area contributed by atoms with Crippen LogP contribution in [0, 0.1) is 13.8 Å². The number of aromatic nitrogens is 2. The highest BCUT2D eigenvalue weighted by Gasteiger charge is 2.11. The summed E-state index contributed by atoms with van der Waals surface area (Å²) in [7, 11) is 0. The molecule has 35 heavy (non-hydrogen) atoms. The number of hydrogen-bond acceptors (Lipinski definition) is 5. The zero-order valence-electron chi connectivity index (χ0n) is 20.4. The molecule has 0 saturated heterocycles. The van der Waals surface area contributed by atoms with E-state index in [9.17, 15) is 9.59 Å². The Morgan fingerprint density at radius 1 is 0.971 bits per heavy atom. The van der Waals surface area contributed by atoms with E-state index in [0.29, 0.717) is 34.4 Å². The SMILES string of the molecule is Cc1ccc(NC(=O)COc2ccccc2C(C)C)cc1OCc1cc(=O)n2cccc(C)c2n1. The summed E-state index contributed by atoms with van der Waals surface area (Å²) in [6.45, 7) is 8.03. The Kier molecular flexibility index (Phi) is 7.15. The molecule has 7 nitrogen and oxygen atoms in total. The molecule has 0 unspecified atom stereocenters. The Morgan fingerprint density at radius 3 is 2.57 bits per heavy atom. The molecule has 2 heterocycles. The minimum atomic E-state index is -0.266. The number of ether oxygens (including phenoxy) is 2. The third-order valence-electron chi connectivity index (χ3n) is 5.69. The van der Waals surface area contributed by atoms with Crippen LogP contribution in [0.2, 0.25) is 0 Å². The topological polar surface area (TPSA) is 81.9 Å². The average molecular weight is 472 g/mol. The van der Waals surface area contributed by atoms with Crippen molar-refractivity contribution in [1.82, 2.24) is 9.38 Å². The normalized spacial score (nSPS) is 11.0. The van der Waals surface area contributed by atoms with Crippen LogP contribution in [0.4, 0.5) is 5.69 Å². The lowest BCUT2D eigenvalue weighted by molar-refractivity contribution is -0.118. The lowest BCUT2D eigenvalue weighted by Gasteiger charge is -2.14. The summed E-state index contributed by atoms with van der Waals surface area (Å²) in [5.74, 6) is 1.33. The number of rotatable bonds is 8. The summed E-state index contributed by atoms with van der Waals surface area (Å²) in [6, 6.07) is 18.4. The van der Waals surface area contributed by atoms with Crippen molar-refractivity contribution in [1.29, 1.82) is 0 Å². The van der Waals surface area contributed by atoms with E-state index in [1.165, 1.54) is 10.5 Å². The molecule has 1 amide bonds. The summed E-state index contributed by atoms with van der Waals surface area (Å²) >= 11 is 0. The number of aryl methyl sites for hydroxylation is 2. The van der Waals surface area contributed by atoms with E-state index in [1.807, 2.05) is 62.4 Å². The molecule has 7 heteroatoms. The summed E-state index contributed by atoms with van der Waals surface area (Å²) in [4.78, 5) is 29.5. The number of benzene rings is 2. The van der Waals surface area contributed by atoms with E-state index in [-0.39, 0.29) is 24.7 Å². The monoisotopic (exact) mass is 471 g/mol. The van der Waals surface area contributed by atoms with Crippen LogP contribution in [0.5, 0.6) is 11.5 Å². The van der Waals surface area contributed by atoms with Crippen molar-refractivity contribution in [3.63, 3.8) is 0 Å². The fraction of sp³-hybridized carbons (Fsp3) is 0.250.